The molecule has 0 heterocycles. The largest absolute Gasteiger partial charge is 0.480 e. The molecule has 0 aliphatic carbocycles. The number of carboxylic acids is 1. The zero-order valence-electron chi connectivity index (χ0n) is 7.27. The highest BCUT2D eigenvalue weighted by Gasteiger charge is 2.22. The zero-order chi connectivity index (χ0) is 9.72. The number of carbonyl (C=O) groups excluding carboxylic acids is 1. The Morgan fingerprint density at radius 2 is 1.85 bits per heavy atom. The van der Waals surface area contributed by atoms with E-state index >= 15 is 0 Å². The number of hydrogen-bond donors (Lipinski definition) is 4. The number of carboxylic acid groups (broad SMARTS) is 1. The SMILES string of the molecule is CC(=O)NN[C@H](C(=O)O)[C@@H](C)O.Cl. The maximum Gasteiger partial charge on any atom is 0.325 e. The summed E-state index contributed by atoms with van der Waals surface area (Å²) < 4.78 is 0. The summed E-state index contributed by atoms with van der Waals surface area (Å²) in [5.74, 6) is -1.64. The third-order valence-electron chi connectivity index (χ3n) is 1.15. The molecule has 0 spiro atoms. The van der Waals surface area contributed by atoms with E-state index in [1.165, 1.54) is 13.8 Å². The molecule has 0 fully saturated rings. The molecule has 2 atom stereocenters. The molecule has 0 aliphatic heterocycles. The molecule has 78 valence electrons. The van der Waals surface area contributed by atoms with E-state index in [-0.39, 0.29) is 12.4 Å². The van der Waals surface area contributed by atoms with Crippen LogP contribution in [0.4, 0.5) is 0 Å². The molecular formula is C6H13ClN2O4. The van der Waals surface area contributed by atoms with Gasteiger partial charge in [-0.2, -0.15) is 0 Å². The lowest BCUT2D eigenvalue weighted by molar-refractivity contribution is -0.142. The third kappa shape index (κ3) is 6.32. The van der Waals surface area contributed by atoms with Crippen molar-refractivity contribution in [3.05, 3.63) is 0 Å². The summed E-state index contributed by atoms with van der Waals surface area (Å²) in [6, 6.07) is -1.19. The topological polar surface area (TPSA) is 98.7 Å². The standard InChI is InChI=1S/C6H12N2O4.ClH/c1-3(9)5(6(11)12)8-7-4(2)10;/h3,5,8-9H,1-2H3,(H,7,10)(H,11,12);1H/t3-,5+;/m1./s1. The van der Waals surface area contributed by atoms with Crippen LogP contribution < -0.4 is 10.9 Å². The van der Waals surface area contributed by atoms with Crippen LogP contribution >= 0.6 is 12.4 Å². The summed E-state index contributed by atoms with van der Waals surface area (Å²) >= 11 is 0. The van der Waals surface area contributed by atoms with Gasteiger partial charge in [0.2, 0.25) is 5.91 Å². The van der Waals surface area contributed by atoms with Crippen LogP contribution in [0.2, 0.25) is 0 Å². The zero-order valence-corrected chi connectivity index (χ0v) is 8.09. The molecule has 1 amide bonds. The Morgan fingerprint density at radius 3 is 2.08 bits per heavy atom. The van der Waals surface area contributed by atoms with E-state index in [2.05, 4.69) is 10.9 Å². The molecule has 0 bridgehead atoms. The van der Waals surface area contributed by atoms with Crippen LogP contribution in [0.1, 0.15) is 13.8 Å². The van der Waals surface area contributed by atoms with Gasteiger partial charge < -0.3 is 10.2 Å². The maximum absolute atomic E-state index is 10.4. The molecule has 0 aromatic carbocycles. The first-order valence-electron chi connectivity index (χ1n) is 3.38. The lowest BCUT2D eigenvalue weighted by atomic mass is 10.2. The first-order chi connectivity index (χ1) is 5.45. The summed E-state index contributed by atoms with van der Waals surface area (Å²) in [4.78, 5) is 20.7. The van der Waals surface area contributed by atoms with Crippen molar-refractivity contribution in [3.8, 4) is 0 Å². The highest BCUT2D eigenvalue weighted by atomic mass is 35.5. The van der Waals surface area contributed by atoms with Crippen molar-refractivity contribution >= 4 is 24.3 Å². The maximum atomic E-state index is 10.4. The Bertz CT molecular complexity index is 185. The van der Waals surface area contributed by atoms with Gasteiger partial charge in [0.15, 0.2) is 0 Å². The monoisotopic (exact) mass is 212 g/mol. The second-order valence-electron chi connectivity index (χ2n) is 2.38. The normalized spacial score (nSPS) is 13.8. The number of aliphatic carboxylic acids is 1. The Labute approximate surface area is 81.7 Å². The van der Waals surface area contributed by atoms with Crippen molar-refractivity contribution in [2.24, 2.45) is 0 Å². The van der Waals surface area contributed by atoms with Gasteiger partial charge in [-0.1, -0.05) is 0 Å². The molecule has 6 nitrogen and oxygen atoms in total. The smallest absolute Gasteiger partial charge is 0.325 e. The average molecular weight is 213 g/mol. The minimum atomic E-state index is -1.22. The summed E-state index contributed by atoms with van der Waals surface area (Å²) in [7, 11) is 0. The van der Waals surface area contributed by atoms with Crippen molar-refractivity contribution in [3.63, 3.8) is 0 Å². The number of aliphatic hydroxyl groups is 1. The average Bonchev–Trinajstić information content (AvgIpc) is 1.84. The minimum absolute atomic E-state index is 0. The second-order valence-corrected chi connectivity index (χ2v) is 2.38. The molecule has 0 saturated carbocycles. The Kier molecular flexibility index (Phi) is 7.49. The molecule has 4 N–H and O–H groups in total. The number of aliphatic hydroxyl groups excluding tert-OH is 1. The summed E-state index contributed by atoms with van der Waals surface area (Å²) in [5.41, 5.74) is 4.25. The van der Waals surface area contributed by atoms with Gasteiger partial charge in [-0.05, 0) is 6.92 Å². The minimum Gasteiger partial charge on any atom is -0.480 e. The van der Waals surface area contributed by atoms with Crippen LogP contribution in [0.25, 0.3) is 0 Å². The molecule has 7 heteroatoms. The van der Waals surface area contributed by atoms with Crippen molar-refractivity contribution < 1.29 is 19.8 Å². The Morgan fingerprint density at radius 1 is 1.38 bits per heavy atom. The number of carbonyl (C=O) groups is 2. The first kappa shape index (κ1) is 14.7. The van der Waals surface area contributed by atoms with Gasteiger partial charge in [-0.3, -0.25) is 15.0 Å². The van der Waals surface area contributed by atoms with Crippen LogP contribution in [0.15, 0.2) is 0 Å². The van der Waals surface area contributed by atoms with Crippen molar-refractivity contribution in [2.75, 3.05) is 0 Å². The molecule has 13 heavy (non-hydrogen) atoms. The van der Waals surface area contributed by atoms with Gasteiger partial charge in [0.25, 0.3) is 0 Å². The van der Waals surface area contributed by atoms with Crippen molar-refractivity contribution in [1.82, 2.24) is 10.9 Å². The number of hydrazine groups is 1. The van der Waals surface area contributed by atoms with Crippen molar-refractivity contribution in [2.45, 2.75) is 26.0 Å². The van der Waals surface area contributed by atoms with E-state index in [1.54, 1.807) is 0 Å². The lowest BCUT2D eigenvalue weighted by Gasteiger charge is -2.16. The second kappa shape index (κ2) is 6.64. The number of nitrogens with one attached hydrogen (secondary N) is 2. The third-order valence-corrected chi connectivity index (χ3v) is 1.15. The molecule has 0 aliphatic rings. The summed E-state index contributed by atoms with van der Waals surface area (Å²) in [6.45, 7) is 2.54. The summed E-state index contributed by atoms with van der Waals surface area (Å²) in [5, 5.41) is 17.4. The fraction of sp³-hybridized carbons (Fsp3) is 0.667. The van der Waals surface area contributed by atoms with Gasteiger partial charge in [0.1, 0.15) is 6.04 Å². The fourth-order valence-corrected chi connectivity index (χ4v) is 0.568. The highest BCUT2D eigenvalue weighted by molar-refractivity contribution is 5.85. The van der Waals surface area contributed by atoms with E-state index in [1.807, 2.05) is 0 Å². The van der Waals surface area contributed by atoms with E-state index in [0.717, 1.165) is 0 Å². The molecule has 0 unspecified atom stereocenters. The van der Waals surface area contributed by atoms with E-state index in [9.17, 15) is 9.59 Å². The molecule has 0 aromatic rings. The Hall–Kier alpha value is -0.850. The van der Waals surface area contributed by atoms with Crippen LogP contribution in [-0.2, 0) is 9.59 Å². The predicted molar refractivity (Wildman–Crippen MR) is 47.3 cm³/mol. The number of amides is 1. The van der Waals surface area contributed by atoms with Gasteiger partial charge in [0.05, 0.1) is 6.10 Å². The van der Waals surface area contributed by atoms with E-state index in [0.29, 0.717) is 0 Å². The van der Waals surface area contributed by atoms with Gasteiger partial charge in [0, 0.05) is 6.92 Å². The van der Waals surface area contributed by atoms with Gasteiger partial charge >= 0.3 is 5.97 Å². The molecule has 0 radical (unpaired) electrons. The Balaban J connectivity index is 0. The number of rotatable bonds is 4. The van der Waals surface area contributed by atoms with Gasteiger partial charge in [-0.25, -0.2) is 5.43 Å². The first-order valence-corrected chi connectivity index (χ1v) is 3.38. The van der Waals surface area contributed by atoms with Crippen LogP contribution in [0, 0.1) is 0 Å². The molecule has 0 aromatic heterocycles. The number of halogens is 1. The van der Waals surface area contributed by atoms with Gasteiger partial charge in [-0.15, -0.1) is 12.4 Å². The van der Waals surface area contributed by atoms with Crippen LogP contribution in [-0.4, -0.2) is 34.2 Å². The van der Waals surface area contributed by atoms with Crippen LogP contribution in [0.3, 0.4) is 0 Å². The lowest BCUT2D eigenvalue weighted by Crippen LogP contribution is -2.52. The molecule has 0 saturated heterocycles. The summed E-state index contributed by atoms with van der Waals surface area (Å²) in [6.07, 6.45) is -1.07. The highest BCUT2D eigenvalue weighted by Crippen LogP contribution is 1.90. The van der Waals surface area contributed by atoms with E-state index < -0.39 is 24.0 Å². The fourth-order valence-electron chi connectivity index (χ4n) is 0.568. The molecule has 0 rings (SSSR count). The van der Waals surface area contributed by atoms with E-state index in [4.69, 9.17) is 10.2 Å². The quantitative estimate of drug-likeness (QED) is 0.443. The molecular weight excluding hydrogens is 200 g/mol. The predicted octanol–water partition coefficient (Wildman–Crippen LogP) is -1.12. The van der Waals surface area contributed by atoms with Crippen molar-refractivity contribution in [1.29, 1.82) is 0 Å². The number of hydrogen-bond acceptors (Lipinski definition) is 4. The van der Waals surface area contributed by atoms with Crippen LogP contribution in [0.5, 0.6) is 0 Å².